The van der Waals surface area contributed by atoms with E-state index in [0.717, 1.165) is 22.3 Å². The first-order valence-electron chi connectivity index (χ1n) is 7.73. The average Bonchev–Trinajstić information content (AvgIpc) is 3.01. The Morgan fingerprint density at radius 3 is 2.48 bits per heavy atom. The summed E-state index contributed by atoms with van der Waals surface area (Å²) in [5.74, 6) is -1.17. The molecule has 128 valence electrons. The van der Waals surface area contributed by atoms with Crippen LogP contribution in [0.3, 0.4) is 0 Å². The summed E-state index contributed by atoms with van der Waals surface area (Å²) in [4.78, 5) is 15.5. The van der Waals surface area contributed by atoms with Crippen molar-refractivity contribution in [1.82, 2.24) is 10.1 Å². The van der Waals surface area contributed by atoms with Gasteiger partial charge in [0.2, 0.25) is 5.82 Å². The maximum Gasteiger partial charge on any atom is 0.335 e. The van der Waals surface area contributed by atoms with Crippen LogP contribution in [0.4, 0.5) is 4.39 Å². The highest BCUT2D eigenvalue weighted by Gasteiger charge is 2.20. The highest BCUT2D eigenvalue weighted by Crippen LogP contribution is 2.31. The predicted molar refractivity (Wildman–Crippen MR) is 91.0 cm³/mol. The second kappa shape index (κ2) is 6.12. The van der Waals surface area contributed by atoms with Crippen LogP contribution in [0.5, 0.6) is 0 Å². The summed E-state index contributed by atoms with van der Waals surface area (Å²) in [5.41, 5.74) is 4.22. The molecule has 1 N–H and O–H groups in total. The van der Waals surface area contributed by atoms with Gasteiger partial charge in [0, 0.05) is 5.56 Å². The highest BCUT2D eigenvalue weighted by atomic mass is 19.1. The van der Waals surface area contributed by atoms with E-state index in [1.54, 1.807) is 26.0 Å². The minimum Gasteiger partial charge on any atom is -0.478 e. The highest BCUT2D eigenvalue weighted by molar-refractivity contribution is 5.89. The fourth-order valence-corrected chi connectivity index (χ4v) is 2.77. The molecule has 3 rings (SSSR count). The molecule has 0 bridgehead atoms. The molecule has 0 atom stereocenters. The molecule has 5 nitrogen and oxygen atoms in total. The second-order valence-corrected chi connectivity index (χ2v) is 6.12. The maximum absolute atomic E-state index is 14.4. The van der Waals surface area contributed by atoms with Gasteiger partial charge in [-0.15, -0.1) is 0 Å². The van der Waals surface area contributed by atoms with Gasteiger partial charge in [0.1, 0.15) is 5.82 Å². The summed E-state index contributed by atoms with van der Waals surface area (Å²) < 4.78 is 19.7. The van der Waals surface area contributed by atoms with Crippen molar-refractivity contribution in [3.63, 3.8) is 0 Å². The molecule has 0 aliphatic heterocycles. The quantitative estimate of drug-likeness (QED) is 0.761. The first-order valence-corrected chi connectivity index (χ1v) is 7.73. The van der Waals surface area contributed by atoms with Crippen molar-refractivity contribution in [3.8, 4) is 22.8 Å². The van der Waals surface area contributed by atoms with Crippen LogP contribution in [0.1, 0.15) is 32.6 Å². The molecule has 0 amide bonds. The Balaban J connectivity index is 2.11. The number of hydrogen-bond acceptors (Lipinski definition) is 4. The fraction of sp³-hybridized carbons (Fsp3) is 0.211. The van der Waals surface area contributed by atoms with Crippen LogP contribution >= 0.6 is 0 Å². The van der Waals surface area contributed by atoms with Gasteiger partial charge in [-0.1, -0.05) is 5.16 Å². The third kappa shape index (κ3) is 3.03. The van der Waals surface area contributed by atoms with Gasteiger partial charge in [-0.25, -0.2) is 9.18 Å². The number of carbonyl (C=O) groups is 1. The van der Waals surface area contributed by atoms with E-state index in [4.69, 9.17) is 4.52 Å². The lowest BCUT2D eigenvalue weighted by molar-refractivity contribution is 0.0697. The van der Waals surface area contributed by atoms with Crippen LogP contribution in [0, 0.1) is 33.5 Å². The molecule has 0 unspecified atom stereocenters. The predicted octanol–water partition coefficient (Wildman–Crippen LogP) is 4.47. The van der Waals surface area contributed by atoms with Crippen LogP contribution in [-0.4, -0.2) is 21.2 Å². The Morgan fingerprint density at radius 2 is 1.80 bits per heavy atom. The zero-order chi connectivity index (χ0) is 18.3. The minimum absolute atomic E-state index is 0.0754. The number of halogens is 1. The molecular formula is C19H17FN2O3. The summed E-state index contributed by atoms with van der Waals surface area (Å²) in [6.07, 6.45) is 0. The first-order chi connectivity index (χ1) is 11.8. The lowest BCUT2D eigenvalue weighted by atomic mass is 9.98. The van der Waals surface area contributed by atoms with Crippen molar-refractivity contribution in [2.45, 2.75) is 27.7 Å². The van der Waals surface area contributed by atoms with Gasteiger partial charge < -0.3 is 9.63 Å². The van der Waals surface area contributed by atoms with E-state index < -0.39 is 11.8 Å². The van der Waals surface area contributed by atoms with Crippen molar-refractivity contribution in [2.75, 3.05) is 0 Å². The Morgan fingerprint density at radius 1 is 1.08 bits per heavy atom. The molecule has 0 aliphatic rings. The van der Waals surface area contributed by atoms with Gasteiger partial charge in [-0.2, -0.15) is 4.98 Å². The zero-order valence-corrected chi connectivity index (χ0v) is 14.3. The van der Waals surface area contributed by atoms with Crippen molar-refractivity contribution >= 4 is 5.97 Å². The topological polar surface area (TPSA) is 76.2 Å². The number of hydrogen-bond donors (Lipinski definition) is 1. The SMILES string of the molecule is Cc1cc(C(=O)O)cc(-c2noc(-c3c(F)cc(C)c(C)c3C)n2)c1. The fourth-order valence-electron chi connectivity index (χ4n) is 2.77. The smallest absolute Gasteiger partial charge is 0.335 e. The van der Waals surface area contributed by atoms with Gasteiger partial charge in [0.05, 0.1) is 11.1 Å². The monoisotopic (exact) mass is 340 g/mol. The summed E-state index contributed by atoms with van der Waals surface area (Å²) in [6, 6.07) is 6.22. The van der Waals surface area contributed by atoms with E-state index in [9.17, 15) is 14.3 Å². The molecule has 25 heavy (non-hydrogen) atoms. The van der Waals surface area contributed by atoms with E-state index in [0.29, 0.717) is 5.56 Å². The summed E-state index contributed by atoms with van der Waals surface area (Å²) in [7, 11) is 0. The number of nitrogens with zero attached hydrogens (tertiary/aromatic N) is 2. The second-order valence-electron chi connectivity index (χ2n) is 6.12. The molecule has 0 radical (unpaired) electrons. The molecule has 0 spiro atoms. The molecule has 6 heteroatoms. The van der Waals surface area contributed by atoms with E-state index in [1.165, 1.54) is 12.1 Å². The van der Waals surface area contributed by atoms with Gasteiger partial charge in [0.25, 0.3) is 5.89 Å². The Labute approximate surface area is 144 Å². The van der Waals surface area contributed by atoms with Crippen LogP contribution in [0.2, 0.25) is 0 Å². The van der Waals surface area contributed by atoms with Crippen LogP contribution in [0.25, 0.3) is 22.8 Å². The summed E-state index contributed by atoms with van der Waals surface area (Å²) >= 11 is 0. The molecule has 2 aromatic carbocycles. The summed E-state index contributed by atoms with van der Waals surface area (Å²) in [6.45, 7) is 7.34. The molecule has 0 fully saturated rings. The number of aryl methyl sites for hydroxylation is 2. The number of carboxylic acid groups (broad SMARTS) is 1. The van der Waals surface area contributed by atoms with E-state index in [2.05, 4.69) is 10.1 Å². The van der Waals surface area contributed by atoms with Crippen LogP contribution in [-0.2, 0) is 0 Å². The van der Waals surface area contributed by atoms with Gasteiger partial charge in [0.15, 0.2) is 0 Å². The zero-order valence-electron chi connectivity index (χ0n) is 14.3. The van der Waals surface area contributed by atoms with Gasteiger partial charge in [-0.05, 0) is 74.2 Å². The molecule has 3 aromatic rings. The Bertz CT molecular complexity index is 993. The average molecular weight is 340 g/mol. The third-order valence-electron chi connectivity index (χ3n) is 4.33. The number of rotatable bonds is 3. The van der Waals surface area contributed by atoms with Crippen molar-refractivity contribution in [2.24, 2.45) is 0 Å². The number of aromatic carboxylic acids is 1. The van der Waals surface area contributed by atoms with Gasteiger partial charge in [-0.3, -0.25) is 0 Å². The molecule has 1 aromatic heterocycles. The molecule has 0 aliphatic carbocycles. The molecule has 0 saturated heterocycles. The van der Waals surface area contributed by atoms with Crippen molar-refractivity contribution in [3.05, 3.63) is 57.9 Å². The van der Waals surface area contributed by atoms with Crippen LogP contribution < -0.4 is 0 Å². The number of benzene rings is 2. The lowest BCUT2D eigenvalue weighted by Gasteiger charge is -2.09. The number of carboxylic acids is 1. The molecule has 1 heterocycles. The van der Waals surface area contributed by atoms with Crippen LogP contribution in [0.15, 0.2) is 28.8 Å². The molecule has 0 saturated carbocycles. The standard InChI is InChI=1S/C19H17FN2O3/c1-9-5-13(8-14(6-9)19(23)24)17-21-18(25-22-17)16-12(4)11(3)10(2)7-15(16)20/h5-8H,1-4H3,(H,23,24). The first kappa shape index (κ1) is 16.8. The van der Waals surface area contributed by atoms with E-state index in [-0.39, 0.29) is 22.8 Å². The summed E-state index contributed by atoms with van der Waals surface area (Å²) in [5, 5.41) is 13.1. The van der Waals surface area contributed by atoms with Crippen molar-refractivity contribution in [1.29, 1.82) is 0 Å². The third-order valence-corrected chi connectivity index (χ3v) is 4.33. The Hall–Kier alpha value is -3.02. The maximum atomic E-state index is 14.4. The normalized spacial score (nSPS) is 10.9. The Kier molecular flexibility index (Phi) is 4.12. The van der Waals surface area contributed by atoms with E-state index in [1.807, 2.05) is 13.8 Å². The van der Waals surface area contributed by atoms with Gasteiger partial charge >= 0.3 is 5.97 Å². The van der Waals surface area contributed by atoms with Crippen molar-refractivity contribution < 1.29 is 18.8 Å². The van der Waals surface area contributed by atoms with E-state index >= 15 is 0 Å². The lowest BCUT2D eigenvalue weighted by Crippen LogP contribution is -1.98. The largest absolute Gasteiger partial charge is 0.478 e. The minimum atomic E-state index is -1.04. The molecular weight excluding hydrogens is 323 g/mol. The number of aromatic nitrogens is 2.